The van der Waals surface area contributed by atoms with Crippen LogP contribution < -0.4 is 9.80 Å². The molecular weight excluding hydrogens is 909 g/mol. The first-order valence-corrected chi connectivity index (χ1v) is 25.4. The second kappa shape index (κ2) is 17.5. The Balaban J connectivity index is 0.944. The zero-order chi connectivity index (χ0) is 48.4. The van der Waals surface area contributed by atoms with Crippen LogP contribution in [0.3, 0.4) is 0 Å². The van der Waals surface area contributed by atoms with Crippen LogP contribution in [0.4, 0.5) is 28.4 Å². The lowest BCUT2D eigenvalue weighted by Gasteiger charge is -2.28. The summed E-state index contributed by atoms with van der Waals surface area (Å²) in [5.74, 6) is 0. The lowest BCUT2D eigenvalue weighted by atomic mass is 9.96. The molecule has 0 saturated heterocycles. The summed E-state index contributed by atoms with van der Waals surface area (Å²) in [6.45, 7) is 4.48. The summed E-state index contributed by atoms with van der Waals surface area (Å²) < 4.78 is 15.9. The monoisotopic (exact) mass is 952 g/mol. The average molecular weight is 953 g/mol. The van der Waals surface area contributed by atoms with Gasteiger partial charge in [0.25, 0.3) is 0 Å². The summed E-state index contributed by atoms with van der Waals surface area (Å²) in [6.07, 6.45) is 6.45. The van der Waals surface area contributed by atoms with Crippen molar-refractivity contribution in [2.75, 3.05) is 9.80 Å². The van der Waals surface area contributed by atoms with Gasteiger partial charge in [0, 0.05) is 64.7 Å². The molecule has 14 aromatic rings. The van der Waals surface area contributed by atoms with E-state index >= 15 is 0 Å². The summed E-state index contributed by atoms with van der Waals surface area (Å²) in [6, 6.07) is 84.0. The van der Waals surface area contributed by atoms with Gasteiger partial charge in [0.2, 0.25) is 0 Å². The van der Waals surface area contributed by atoms with Gasteiger partial charge < -0.3 is 18.6 Å². The molecule has 73 heavy (non-hydrogen) atoms. The van der Waals surface area contributed by atoms with E-state index in [0.29, 0.717) is 0 Å². The average Bonchev–Trinajstić information content (AvgIpc) is 4.16. The molecule has 344 valence electrons. The number of anilines is 5. The maximum Gasteiger partial charge on any atom is 0.159 e. The van der Waals surface area contributed by atoms with Crippen molar-refractivity contribution in [2.24, 2.45) is 0 Å². The summed E-state index contributed by atoms with van der Waals surface area (Å²) in [5.41, 5.74) is 15.1. The number of hydrogen-bond donors (Lipinski definition) is 0. The molecule has 3 aromatic heterocycles. The summed E-state index contributed by atoms with van der Waals surface area (Å²) in [5, 5.41) is 9.10. The highest BCUT2D eigenvalue weighted by molar-refractivity contribution is 7.26. The number of para-hydroxylation sites is 6. The van der Waals surface area contributed by atoms with Gasteiger partial charge in [0.05, 0.1) is 22.7 Å². The maximum absolute atomic E-state index is 6.75. The van der Waals surface area contributed by atoms with Gasteiger partial charge in [-0.15, -0.1) is 11.3 Å². The molecule has 14 rings (SSSR count). The number of rotatable bonds is 10. The van der Waals surface area contributed by atoms with Crippen molar-refractivity contribution in [3.8, 4) is 22.3 Å². The van der Waals surface area contributed by atoms with Crippen LogP contribution in [0.2, 0.25) is 0 Å². The smallest absolute Gasteiger partial charge is 0.159 e. The lowest BCUT2D eigenvalue weighted by Crippen LogP contribution is -2.11. The molecular formula is C68H44N2O2S. The van der Waals surface area contributed by atoms with Crippen LogP contribution in [-0.4, -0.2) is 0 Å². The molecule has 0 fully saturated rings. The third-order valence-electron chi connectivity index (χ3n) is 14.3. The molecule has 4 nitrogen and oxygen atoms in total. The Hall–Kier alpha value is -9.42. The van der Waals surface area contributed by atoms with Crippen LogP contribution in [-0.2, 0) is 0 Å². The number of fused-ring (bicyclic) bond motifs is 11. The number of furan rings is 2. The van der Waals surface area contributed by atoms with Gasteiger partial charge in [0.1, 0.15) is 11.2 Å². The van der Waals surface area contributed by atoms with Crippen LogP contribution in [0.1, 0.15) is 11.1 Å². The Bertz CT molecular complexity index is 4480. The highest BCUT2D eigenvalue weighted by Gasteiger charge is 2.24. The predicted octanol–water partition coefficient (Wildman–Crippen LogP) is 20.3. The highest BCUT2D eigenvalue weighted by atomic mass is 32.1. The second-order valence-electron chi connectivity index (χ2n) is 18.4. The SMILES string of the molecule is C=Cc1c(/C=C/N(c2ccccc2-c2ccccc2)c2cccc3c2oc2ccccc23)ccc2sc3ccc4cc(N(c5ccccc5-c5ccccc5)c5cccc6c5oc5ccccc56)ccc4c3c12. The topological polar surface area (TPSA) is 32.8 Å². The first-order valence-electron chi connectivity index (χ1n) is 24.6. The van der Waals surface area contributed by atoms with E-state index in [9.17, 15) is 0 Å². The molecule has 0 bridgehead atoms. The molecule has 11 aromatic carbocycles. The minimum atomic E-state index is 0.835. The maximum atomic E-state index is 6.75. The van der Waals surface area contributed by atoms with Crippen molar-refractivity contribution in [1.29, 1.82) is 0 Å². The molecule has 0 unspecified atom stereocenters. The van der Waals surface area contributed by atoms with Crippen LogP contribution in [0.15, 0.2) is 258 Å². The Morgan fingerprint density at radius 2 is 0.945 bits per heavy atom. The molecule has 0 radical (unpaired) electrons. The molecule has 3 heterocycles. The minimum absolute atomic E-state index is 0.835. The van der Waals surface area contributed by atoms with E-state index in [1.54, 1.807) is 0 Å². The van der Waals surface area contributed by atoms with E-state index < -0.39 is 0 Å². The van der Waals surface area contributed by atoms with Crippen LogP contribution in [0, 0.1) is 0 Å². The molecule has 0 saturated carbocycles. The zero-order valence-electron chi connectivity index (χ0n) is 39.6. The fourth-order valence-electron chi connectivity index (χ4n) is 11.0. The number of hydrogen-bond acceptors (Lipinski definition) is 5. The molecule has 0 spiro atoms. The first-order chi connectivity index (χ1) is 36.2. The van der Waals surface area contributed by atoms with Gasteiger partial charge >= 0.3 is 0 Å². The van der Waals surface area contributed by atoms with Crippen molar-refractivity contribution in [1.82, 2.24) is 0 Å². The fraction of sp³-hybridized carbons (Fsp3) is 0. The van der Waals surface area contributed by atoms with Gasteiger partial charge in [-0.25, -0.2) is 0 Å². The van der Waals surface area contributed by atoms with E-state index in [2.05, 4.69) is 247 Å². The normalized spacial score (nSPS) is 11.8. The van der Waals surface area contributed by atoms with Gasteiger partial charge in [0.15, 0.2) is 11.2 Å². The zero-order valence-corrected chi connectivity index (χ0v) is 40.4. The molecule has 0 N–H and O–H groups in total. The predicted molar refractivity (Wildman–Crippen MR) is 311 cm³/mol. The Kier molecular flexibility index (Phi) is 10.2. The van der Waals surface area contributed by atoms with Gasteiger partial charge in [-0.05, 0) is 99.8 Å². The quantitative estimate of drug-likeness (QED) is 0.137. The van der Waals surface area contributed by atoms with E-state index in [4.69, 9.17) is 8.83 Å². The number of nitrogens with zero attached hydrogens (tertiary/aromatic N) is 2. The van der Waals surface area contributed by atoms with Crippen LogP contribution in [0.25, 0.3) is 109 Å². The largest absolute Gasteiger partial charge is 0.454 e. The van der Waals surface area contributed by atoms with Crippen LogP contribution in [0.5, 0.6) is 0 Å². The Morgan fingerprint density at radius 3 is 1.63 bits per heavy atom. The third-order valence-corrected chi connectivity index (χ3v) is 15.4. The molecule has 0 aliphatic carbocycles. The molecule has 0 atom stereocenters. The van der Waals surface area contributed by atoms with E-state index in [1.165, 1.54) is 25.6 Å². The molecule has 0 aliphatic rings. The van der Waals surface area contributed by atoms with Gasteiger partial charge in [-0.3, -0.25) is 0 Å². The Labute approximate surface area is 425 Å². The highest BCUT2D eigenvalue weighted by Crippen LogP contribution is 2.48. The van der Waals surface area contributed by atoms with Crippen molar-refractivity contribution in [2.45, 2.75) is 0 Å². The van der Waals surface area contributed by atoms with Gasteiger partial charge in [-0.1, -0.05) is 189 Å². The molecule has 5 heteroatoms. The number of benzene rings is 11. The first kappa shape index (κ1) is 42.5. The van der Waals surface area contributed by atoms with E-state index in [-0.39, 0.29) is 0 Å². The van der Waals surface area contributed by atoms with Crippen molar-refractivity contribution < 1.29 is 8.83 Å². The lowest BCUT2D eigenvalue weighted by molar-refractivity contribution is 0.668. The summed E-state index contributed by atoms with van der Waals surface area (Å²) in [7, 11) is 0. The minimum Gasteiger partial charge on any atom is -0.454 e. The molecule has 0 aliphatic heterocycles. The van der Waals surface area contributed by atoms with Crippen molar-refractivity contribution >= 4 is 127 Å². The Morgan fingerprint density at radius 1 is 0.411 bits per heavy atom. The second-order valence-corrected chi connectivity index (χ2v) is 19.5. The third kappa shape index (κ3) is 7.04. The van der Waals surface area contributed by atoms with Crippen molar-refractivity contribution in [3.63, 3.8) is 0 Å². The molecule has 0 amide bonds. The van der Waals surface area contributed by atoms with E-state index in [0.717, 1.165) is 111 Å². The fourth-order valence-corrected chi connectivity index (χ4v) is 12.1. The summed E-state index contributed by atoms with van der Waals surface area (Å²) >= 11 is 1.83. The van der Waals surface area contributed by atoms with E-state index in [1.807, 2.05) is 35.6 Å². The van der Waals surface area contributed by atoms with Gasteiger partial charge in [-0.2, -0.15) is 0 Å². The summed E-state index contributed by atoms with van der Waals surface area (Å²) in [4.78, 5) is 4.65. The van der Waals surface area contributed by atoms with Crippen LogP contribution >= 0.6 is 11.3 Å². The van der Waals surface area contributed by atoms with Crippen molar-refractivity contribution in [3.05, 3.63) is 260 Å². The standard InChI is InChI=1S/C68H44N2O2S/c1-2-49-46(41-42-69(57-29-13-9-23-50(57)44-19-5-3-6-20-44)59-31-17-27-55-53-25-11-15-33-61(53)71-67(55)59)35-39-63-65(49)66-52-38-37-48(43-47(52)36-40-64(66)73-63)70(58-30-14-10-24-51(58)45-21-7-4-8-22-45)60-32-18-28-56-54-26-12-16-34-62(54)72-68(56)60/h2-43H,1H2/b42-41+. The number of thiophene rings is 1.